The fourth-order valence-corrected chi connectivity index (χ4v) is 4.61. The molecular formula is C20H28Cl2N4O. The summed E-state index contributed by atoms with van der Waals surface area (Å²) in [6, 6.07) is 8.49. The van der Waals surface area contributed by atoms with Gasteiger partial charge in [-0.05, 0) is 55.2 Å². The second-order valence-electron chi connectivity index (χ2n) is 7.61. The third-order valence-electron chi connectivity index (χ3n) is 5.81. The molecular weight excluding hydrogens is 383 g/mol. The van der Waals surface area contributed by atoms with Gasteiger partial charge in [-0.3, -0.25) is 4.79 Å². The van der Waals surface area contributed by atoms with Gasteiger partial charge in [-0.25, -0.2) is 4.98 Å². The van der Waals surface area contributed by atoms with Crippen LogP contribution >= 0.6 is 24.8 Å². The van der Waals surface area contributed by atoms with Crippen LogP contribution in [-0.2, 0) is 6.54 Å². The average Bonchev–Trinajstić information content (AvgIpc) is 3.09. The monoisotopic (exact) mass is 410 g/mol. The second-order valence-corrected chi connectivity index (χ2v) is 7.61. The molecule has 2 aliphatic carbocycles. The molecule has 0 aliphatic heterocycles. The van der Waals surface area contributed by atoms with Crippen molar-refractivity contribution in [1.29, 1.82) is 0 Å². The van der Waals surface area contributed by atoms with E-state index in [1.165, 1.54) is 19.3 Å². The van der Waals surface area contributed by atoms with Gasteiger partial charge in [-0.15, -0.1) is 24.8 Å². The topological polar surface area (TPSA) is 72.9 Å². The van der Waals surface area contributed by atoms with Crippen LogP contribution in [0.2, 0.25) is 0 Å². The van der Waals surface area contributed by atoms with Crippen molar-refractivity contribution < 1.29 is 4.79 Å². The Morgan fingerprint density at radius 1 is 1.15 bits per heavy atom. The standard InChI is InChI=1S/C20H26N4O.2ClH/c21-18-10-16-2-1-3-17(11-18)19(16)23-20(25)15-6-4-14(5-7-15)12-24-9-8-22-13-24;;/h4-9,13,16-19H,1-3,10-12,21H2,(H,23,25);2*1H. The fraction of sp³-hybridized carbons (Fsp3) is 0.500. The molecule has 1 heterocycles. The van der Waals surface area contributed by atoms with Gasteiger partial charge in [0.15, 0.2) is 0 Å². The van der Waals surface area contributed by atoms with Crippen molar-refractivity contribution in [2.75, 3.05) is 0 Å². The number of halogens is 2. The van der Waals surface area contributed by atoms with Crippen molar-refractivity contribution >= 4 is 30.7 Å². The molecule has 0 spiro atoms. The first-order valence-electron chi connectivity index (χ1n) is 9.30. The van der Waals surface area contributed by atoms with Crippen molar-refractivity contribution in [3.63, 3.8) is 0 Å². The molecule has 2 unspecified atom stereocenters. The Kier molecular flexibility index (Phi) is 7.71. The van der Waals surface area contributed by atoms with Crippen LogP contribution in [0, 0.1) is 11.8 Å². The largest absolute Gasteiger partial charge is 0.349 e. The third-order valence-corrected chi connectivity index (χ3v) is 5.81. The predicted molar refractivity (Wildman–Crippen MR) is 112 cm³/mol. The number of hydrogen-bond donors (Lipinski definition) is 2. The number of nitrogens with one attached hydrogen (secondary N) is 1. The van der Waals surface area contributed by atoms with Crippen molar-refractivity contribution in [1.82, 2.24) is 14.9 Å². The number of amides is 1. The lowest BCUT2D eigenvalue weighted by molar-refractivity contribution is 0.0756. The summed E-state index contributed by atoms with van der Waals surface area (Å²) < 4.78 is 2.02. The first-order valence-corrected chi connectivity index (χ1v) is 9.30. The van der Waals surface area contributed by atoms with E-state index >= 15 is 0 Å². The SMILES string of the molecule is Cl.Cl.NC1CC2CCCC(C1)C2NC(=O)c1ccc(Cn2ccnc2)cc1. The van der Waals surface area contributed by atoms with Crippen LogP contribution in [0.5, 0.6) is 0 Å². The van der Waals surface area contributed by atoms with Gasteiger partial charge in [-0.2, -0.15) is 0 Å². The first-order chi connectivity index (χ1) is 12.2. The maximum atomic E-state index is 12.7. The van der Waals surface area contributed by atoms with Gasteiger partial charge in [0.05, 0.1) is 6.33 Å². The van der Waals surface area contributed by atoms with E-state index < -0.39 is 0 Å². The average molecular weight is 411 g/mol. The number of rotatable bonds is 4. The van der Waals surface area contributed by atoms with E-state index in [0.717, 1.165) is 30.5 Å². The Hall–Kier alpha value is -1.56. The van der Waals surface area contributed by atoms with E-state index in [2.05, 4.69) is 10.3 Å². The maximum absolute atomic E-state index is 12.7. The summed E-state index contributed by atoms with van der Waals surface area (Å²) in [7, 11) is 0. The Balaban J connectivity index is 0.00000131. The van der Waals surface area contributed by atoms with Gasteiger partial charge in [-0.1, -0.05) is 18.6 Å². The van der Waals surface area contributed by atoms with Gasteiger partial charge < -0.3 is 15.6 Å². The number of hydrogen-bond acceptors (Lipinski definition) is 3. The molecule has 4 rings (SSSR count). The zero-order valence-corrected chi connectivity index (χ0v) is 16.9. The zero-order valence-electron chi connectivity index (χ0n) is 15.3. The summed E-state index contributed by atoms with van der Waals surface area (Å²) in [4.78, 5) is 16.7. The number of nitrogens with zero attached hydrogens (tertiary/aromatic N) is 2. The van der Waals surface area contributed by atoms with Gasteiger partial charge in [0, 0.05) is 36.6 Å². The highest BCUT2D eigenvalue weighted by Gasteiger charge is 2.39. The fourth-order valence-electron chi connectivity index (χ4n) is 4.61. The predicted octanol–water partition coefficient (Wildman–Crippen LogP) is 3.41. The van der Waals surface area contributed by atoms with Crippen LogP contribution in [0.15, 0.2) is 43.0 Å². The lowest BCUT2D eigenvalue weighted by Gasteiger charge is -2.45. The zero-order chi connectivity index (χ0) is 17.2. The molecule has 0 saturated heterocycles. The molecule has 27 heavy (non-hydrogen) atoms. The summed E-state index contributed by atoms with van der Waals surface area (Å²) in [5.41, 5.74) is 8.08. The number of imidazole rings is 1. The van der Waals surface area contributed by atoms with Crippen molar-refractivity contribution in [3.8, 4) is 0 Å². The van der Waals surface area contributed by atoms with Gasteiger partial charge >= 0.3 is 0 Å². The van der Waals surface area contributed by atoms with E-state index in [4.69, 9.17) is 5.73 Å². The molecule has 2 bridgehead atoms. The Labute approximate surface area is 172 Å². The molecule has 0 radical (unpaired) electrons. The van der Waals surface area contributed by atoms with E-state index in [9.17, 15) is 4.79 Å². The number of carbonyl (C=O) groups is 1. The van der Waals surface area contributed by atoms with E-state index in [1.807, 2.05) is 35.0 Å². The minimum atomic E-state index is 0. The summed E-state index contributed by atoms with van der Waals surface area (Å²) in [6.45, 7) is 0.770. The molecule has 1 amide bonds. The van der Waals surface area contributed by atoms with Crippen LogP contribution in [0.4, 0.5) is 0 Å². The number of benzene rings is 1. The lowest BCUT2D eigenvalue weighted by atomic mass is 9.67. The van der Waals surface area contributed by atoms with Crippen molar-refractivity contribution in [2.45, 2.75) is 50.7 Å². The molecule has 7 heteroatoms. The van der Waals surface area contributed by atoms with Crippen LogP contribution in [-0.4, -0.2) is 27.5 Å². The normalized spacial score (nSPS) is 26.4. The number of carbonyl (C=O) groups excluding carboxylic acids is 1. The summed E-state index contributed by atoms with van der Waals surface area (Å²) in [5.74, 6) is 1.14. The Bertz CT molecular complexity index is 706. The van der Waals surface area contributed by atoms with Crippen molar-refractivity contribution in [3.05, 3.63) is 54.1 Å². The molecule has 2 saturated carbocycles. The van der Waals surface area contributed by atoms with Crippen LogP contribution < -0.4 is 11.1 Å². The third kappa shape index (κ3) is 5.03. The summed E-state index contributed by atoms with van der Waals surface area (Å²) >= 11 is 0. The Morgan fingerprint density at radius 2 is 1.81 bits per heavy atom. The molecule has 5 nitrogen and oxygen atoms in total. The van der Waals surface area contributed by atoms with Gasteiger partial charge in [0.2, 0.25) is 0 Å². The van der Waals surface area contributed by atoms with Crippen LogP contribution in [0.3, 0.4) is 0 Å². The molecule has 2 aromatic rings. The highest BCUT2D eigenvalue weighted by atomic mass is 35.5. The smallest absolute Gasteiger partial charge is 0.251 e. The minimum Gasteiger partial charge on any atom is -0.349 e. The van der Waals surface area contributed by atoms with Crippen LogP contribution in [0.1, 0.15) is 48.0 Å². The second kappa shape index (κ2) is 9.58. The molecule has 148 valence electrons. The van der Waals surface area contributed by atoms with E-state index in [1.54, 1.807) is 12.5 Å². The number of aromatic nitrogens is 2. The molecule has 2 fully saturated rings. The molecule has 2 atom stereocenters. The van der Waals surface area contributed by atoms with Crippen molar-refractivity contribution in [2.24, 2.45) is 17.6 Å². The minimum absolute atomic E-state index is 0. The summed E-state index contributed by atoms with van der Waals surface area (Å²) in [6.07, 6.45) is 11.3. The van der Waals surface area contributed by atoms with E-state index in [0.29, 0.717) is 23.9 Å². The molecule has 3 N–H and O–H groups in total. The maximum Gasteiger partial charge on any atom is 0.251 e. The van der Waals surface area contributed by atoms with Gasteiger partial charge in [0.25, 0.3) is 5.91 Å². The molecule has 2 aliphatic rings. The summed E-state index contributed by atoms with van der Waals surface area (Å²) in [5, 5.41) is 3.31. The van der Waals surface area contributed by atoms with E-state index in [-0.39, 0.29) is 30.7 Å². The molecule has 1 aromatic heterocycles. The first kappa shape index (κ1) is 21.7. The number of nitrogens with two attached hydrogens (primary N) is 1. The Morgan fingerprint density at radius 3 is 2.41 bits per heavy atom. The highest BCUT2D eigenvalue weighted by molar-refractivity contribution is 5.94. The number of fused-ring (bicyclic) bond motifs is 2. The quantitative estimate of drug-likeness (QED) is 0.810. The highest BCUT2D eigenvalue weighted by Crippen LogP contribution is 2.39. The lowest BCUT2D eigenvalue weighted by Crippen LogP contribution is -2.53. The molecule has 1 aromatic carbocycles. The van der Waals surface area contributed by atoms with Crippen LogP contribution in [0.25, 0.3) is 0 Å². The van der Waals surface area contributed by atoms with Gasteiger partial charge in [0.1, 0.15) is 0 Å².